The number of aryl methyl sites for hydroxylation is 1. The topological polar surface area (TPSA) is 37.4 Å². The molecule has 1 aromatic rings. The first-order chi connectivity index (χ1) is 13.2. The standard InChI is InChI=1S/C24H37NO2S/c1-5-24(13-10-19(2)22(24,3)4)18-28(26,27)25-16-14-23(15-17-25)12-11-20-8-6-7-9-21(20)23/h6-9,19H,5,10-18H2,1-4H3. The van der Waals surface area contributed by atoms with Crippen molar-refractivity contribution in [3.05, 3.63) is 35.4 Å². The first kappa shape index (κ1) is 20.4. The van der Waals surface area contributed by atoms with Gasteiger partial charge in [0.05, 0.1) is 5.75 Å². The Hall–Kier alpha value is -0.870. The van der Waals surface area contributed by atoms with Crippen molar-refractivity contribution in [3.8, 4) is 0 Å². The van der Waals surface area contributed by atoms with Crippen LogP contribution in [0.4, 0.5) is 0 Å². The van der Waals surface area contributed by atoms with Crippen molar-refractivity contribution in [1.82, 2.24) is 4.31 Å². The second kappa shape index (κ2) is 6.84. The highest BCUT2D eigenvalue weighted by molar-refractivity contribution is 7.89. The largest absolute Gasteiger partial charge is 0.214 e. The monoisotopic (exact) mass is 403 g/mol. The summed E-state index contributed by atoms with van der Waals surface area (Å²) >= 11 is 0. The normalized spacial score (nSPS) is 31.9. The maximum absolute atomic E-state index is 13.5. The van der Waals surface area contributed by atoms with E-state index in [1.54, 1.807) is 0 Å². The number of nitrogens with zero attached hydrogens (tertiary/aromatic N) is 1. The minimum Gasteiger partial charge on any atom is -0.212 e. The molecule has 2 fully saturated rings. The molecule has 0 bridgehead atoms. The Morgan fingerprint density at radius 2 is 1.75 bits per heavy atom. The Kier molecular flexibility index (Phi) is 4.98. The number of piperidine rings is 1. The van der Waals surface area contributed by atoms with Crippen molar-refractivity contribution in [3.63, 3.8) is 0 Å². The Balaban J connectivity index is 1.50. The van der Waals surface area contributed by atoms with Crippen molar-refractivity contribution in [1.29, 1.82) is 0 Å². The molecule has 0 N–H and O–H groups in total. The molecule has 3 aliphatic rings. The highest BCUT2D eigenvalue weighted by Crippen LogP contribution is 2.58. The molecule has 0 aromatic heterocycles. The molecule has 2 atom stereocenters. The van der Waals surface area contributed by atoms with Crippen molar-refractivity contribution < 1.29 is 8.42 Å². The van der Waals surface area contributed by atoms with Gasteiger partial charge in [0.2, 0.25) is 10.0 Å². The van der Waals surface area contributed by atoms with Gasteiger partial charge in [-0.15, -0.1) is 0 Å². The van der Waals surface area contributed by atoms with Crippen LogP contribution in [0, 0.1) is 16.7 Å². The van der Waals surface area contributed by atoms with E-state index in [1.165, 1.54) is 17.5 Å². The number of hydrogen-bond acceptors (Lipinski definition) is 2. The zero-order valence-electron chi connectivity index (χ0n) is 18.1. The van der Waals surface area contributed by atoms with Crippen LogP contribution in [-0.4, -0.2) is 31.6 Å². The molecule has 0 amide bonds. The maximum atomic E-state index is 13.5. The molecule has 28 heavy (non-hydrogen) atoms. The summed E-state index contributed by atoms with van der Waals surface area (Å²) < 4.78 is 28.8. The van der Waals surface area contributed by atoms with Gasteiger partial charge < -0.3 is 0 Å². The van der Waals surface area contributed by atoms with E-state index in [4.69, 9.17) is 0 Å². The van der Waals surface area contributed by atoms with E-state index < -0.39 is 10.0 Å². The summed E-state index contributed by atoms with van der Waals surface area (Å²) in [4.78, 5) is 0. The third kappa shape index (κ3) is 2.98. The maximum Gasteiger partial charge on any atom is 0.214 e. The van der Waals surface area contributed by atoms with Gasteiger partial charge in [-0.25, -0.2) is 12.7 Å². The Morgan fingerprint density at radius 3 is 2.36 bits per heavy atom. The highest BCUT2D eigenvalue weighted by atomic mass is 32.2. The lowest BCUT2D eigenvalue weighted by molar-refractivity contribution is 0.0923. The van der Waals surface area contributed by atoms with Crippen LogP contribution < -0.4 is 0 Å². The van der Waals surface area contributed by atoms with E-state index in [2.05, 4.69) is 52.0 Å². The first-order valence-electron chi connectivity index (χ1n) is 11.2. The molecular formula is C24H37NO2S. The van der Waals surface area contributed by atoms with E-state index in [0.717, 1.165) is 38.5 Å². The molecule has 1 saturated heterocycles. The molecule has 0 radical (unpaired) electrons. The van der Waals surface area contributed by atoms with E-state index >= 15 is 0 Å². The molecular weight excluding hydrogens is 366 g/mol. The molecule has 156 valence electrons. The van der Waals surface area contributed by atoms with Crippen molar-refractivity contribution in [2.45, 2.75) is 78.1 Å². The zero-order chi connectivity index (χ0) is 20.2. The van der Waals surface area contributed by atoms with E-state index in [0.29, 0.717) is 24.8 Å². The van der Waals surface area contributed by atoms with E-state index in [1.807, 2.05) is 4.31 Å². The second-order valence-electron chi connectivity index (χ2n) is 10.4. The van der Waals surface area contributed by atoms with Gasteiger partial charge in [0, 0.05) is 13.1 Å². The van der Waals surface area contributed by atoms with E-state index in [9.17, 15) is 8.42 Å². The van der Waals surface area contributed by atoms with Crippen LogP contribution in [0.25, 0.3) is 0 Å². The summed E-state index contributed by atoms with van der Waals surface area (Å²) in [5.41, 5.74) is 3.18. The molecule has 1 aromatic carbocycles. The molecule has 4 heteroatoms. The van der Waals surface area contributed by atoms with Crippen LogP contribution in [0.2, 0.25) is 0 Å². The van der Waals surface area contributed by atoms with Crippen molar-refractivity contribution in [2.24, 2.45) is 16.7 Å². The molecule has 1 spiro atoms. The highest BCUT2D eigenvalue weighted by Gasteiger charge is 2.54. The fourth-order valence-corrected chi connectivity index (χ4v) is 8.95. The average molecular weight is 404 g/mol. The Labute approximate surface area is 172 Å². The van der Waals surface area contributed by atoms with Gasteiger partial charge in [0.1, 0.15) is 0 Å². The zero-order valence-corrected chi connectivity index (χ0v) is 18.9. The third-order valence-electron chi connectivity index (χ3n) is 9.32. The summed E-state index contributed by atoms with van der Waals surface area (Å²) in [6.45, 7) is 10.5. The molecule has 1 saturated carbocycles. The van der Waals surface area contributed by atoms with Gasteiger partial charge in [-0.1, -0.05) is 52.0 Å². The van der Waals surface area contributed by atoms with Gasteiger partial charge in [0.25, 0.3) is 0 Å². The number of sulfonamides is 1. The van der Waals surface area contributed by atoms with Crippen LogP contribution in [0.1, 0.15) is 77.3 Å². The lowest BCUT2D eigenvalue weighted by atomic mass is 9.65. The number of hydrogen-bond donors (Lipinski definition) is 0. The summed E-state index contributed by atoms with van der Waals surface area (Å²) in [6.07, 6.45) is 7.43. The average Bonchev–Trinajstić information content (AvgIpc) is 3.13. The SMILES string of the molecule is CCC1(CS(=O)(=O)N2CCC3(CCc4ccccc43)CC2)CCC(C)C1(C)C. The predicted octanol–water partition coefficient (Wildman–Crippen LogP) is 5.15. The summed E-state index contributed by atoms with van der Waals surface area (Å²) in [5.74, 6) is 0.916. The Bertz CT molecular complexity index is 836. The molecule has 3 nitrogen and oxygen atoms in total. The van der Waals surface area contributed by atoms with Gasteiger partial charge >= 0.3 is 0 Å². The predicted molar refractivity (Wildman–Crippen MR) is 116 cm³/mol. The number of benzene rings is 1. The van der Waals surface area contributed by atoms with Gasteiger partial charge in [-0.3, -0.25) is 0 Å². The van der Waals surface area contributed by atoms with Crippen LogP contribution in [-0.2, 0) is 21.9 Å². The van der Waals surface area contributed by atoms with Crippen LogP contribution in [0.3, 0.4) is 0 Å². The van der Waals surface area contributed by atoms with Crippen LogP contribution in [0.5, 0.6) is 0 Å². The lowest BCUT2D eigenvalue weighted by Gasteiger charge is -2.45. The van der Waals surface area contributed by atoms with Gasteiger partial charge in [-0.2, -0.15) is 0 Å². The minimum atomic E-state index is -3.22. The fraction of sp³-hybridized carbons (Fsp3) is 0.750. The third-order valence-corrected chi connectivity index (χ3v) is 11.4. The van der Waals surface area contributed by atoms with Gasteiger partial charge in [-0.05, 0) is 78.2 Å². The second-order valence-corrected chi connectivity index (χ2v) is 12.4. The van der Waals surface area contributed by atoms with Gasteiger partial charge in [0.15, 0.2) is 0 Å². The summed E-state index contributed by atoms with van der Waals surface area (Å²) in [5, 5.41) is 0. The number of rotatable bonds is 4. The molecule has 2 unspecified atom stereocenters. The quantitative estimate of drug-likeness (QED) is 0.697. The smallest absolute Gasteiger partial charge is 0.212 e. The van der Waals surface area contributed by atoms with Crippen LogP contribution in [0.15, 0.2) is 24.3 Å². The number of fused-ring (bicyclic) bond motifs is 2. The molecule has 2 aliphatic carbocycles. The minimum absolute atomic E-state index is 0.0796. The lowest BCUT2D eigenvalue weighted by Crippen LogP contribution is -2.49. The van der Waals surface area contributed by atoms with Crippen molar-refractivity contribution in [2.75, 3.05) is 18.8 Å². The summed E-state index contributed by atoms with van der Waals surface area (Å²) in [7, 11) is -3.22. The van der Waals surface area contributed by atoms with Crippen LogP contribution >= 0.6 is 0 Å². The Morgan fingerprint density at radius 1 is 1.07 bits per heavy atom. The summed E-state index contributed by atoms with van der Waals surface area (Å²) in [6, 6.07) is 8.80. The molecule has 1 aliphatic heterocycles. The first-order valence-corrected chi connectivity index (χ1v) is 12.8. The molecule has 1 heterocycles. The molecule has 4 rings (SSSR count). The van der Waals surface area contributed by atoms with Crippen molar-refractivity contribution >= 4 is 10.0 Å². The fourth-order valence-electron chi connectivity index (χ4n) is 6.61. The van der Waals surface area contributed by atoms with E-state index in [-0.39, 0.29) is 16.2 Å².